The molecule has 0 aliphatic rings. The highest BCUT2D eigenvalue weighted by molar-refractivity contribution is 7.99. The van der Waals surface area contributed by atoms with Gasteiger partial charge in [-0.15, -0.1) is 10.2 Å². The van der Waals surface area contributed by atoms with Crippen LogP contribution in [-0.4, -0.2) is 24.7 Å². The van der Waals surface area contributed by atoms with E-state index in [9.17, 15) is 0 Å². The molecule has 0 unspecified atom stereocenters. The first-order valence-corrected chi connectivity index (χ1v) is 9.04. The smallest absolute Gasteiger partial charge is 0.202 e. The molecule has 0 aliphatic heterocycles. The van der Waals surface area contributed by atoms with Gasteiger partial charge in [0, 0.05) is 11.3 Å². The first-order chi connectivity index (χ1) is 13.2. The van der Waals surface area contributed by atoms with Gasteiger partial charge in [-0.2, -0.15) is 5.26 Å². The van der Waals surface area contributed by atoms with Crippen LogP contribution in [0, 0.1) is 18.3 Å². The Bertz CT molecular complexity index is 1100. The third-order valence-corrected chi connectivity index (χ3v) is 4.76. The molecule has 2 aromatic carbocycles. The molecule has 4 rings (SSSR count). The van der Waals surface area contributed by atoms with E-state index in [2.05, 4.69) is 39.2 Å². The van der Waals surface area contributed by atoms with E-state index in [1.54, 1.807) is 6.20 Å². The molecule has 27 heavy (non-hydrogen) atoms. The molecular formula is C20H14N6S. The molecule has 2 aromatic heterocycles. The van der Waals surface area contributed by atoms with Gasteiger partial charge in [0.25, 0.3) is 0 Å². The van der Waals surface area contributed by atoms with Gasteiger partial charge in [0.05, 0.1) is 12.4 Å². The van der Waals surface area contributed by atoms with Crippen LogP contribution in [0.5, 0.6) is 0 Å². The summed E-state index contributed by atoms with van der Waals surface area (Å²) in [6.07, 6.45) is 3.02. The highest BCUT2D eigenvalue weighted by atomic mass is 32.2. The Balaban J connectivity index is 1.79. The van der Waals surface area contributed by atoms with Gasteiger partial charge in [-0.1, -0.05) is 48.0 Å². The van der Waals surface area contributed by atoms with Crippen molar-refractivity contribution in [2.24, 2.45) is 0 Å². The Morgan fingerprint density at radius 1 is 0.926 bits per heavy atom. The number of nitrogens with zero attached hydrogens (tertiary/aromatic N) is 6. The summed E-state index contributed by atoms with van der Waals surface area (Å²) in [4.78, 5) is 8.34. The summed E-state index contributed by atoms with van der Waals surface area (Å²) < 4.78 is 2.00. The second-order valence-corrected chi connectivity index (χ2v) is 6.78. The van der Waals surface area contributed by atoms with Gasteiger partial charge in [-0.25, -0.2) is 9.97 Å². The maximum Gasteiger partial charge on any atom is 0.202 e. The van der Waals surface area contributed by atoms with Crippen LogP contribution in [0.15, 0.2) is 77.2 Å². The first-order valence-electron chi connectivity index (χ1n) is 8.22. The normalized spacial score (nSPS) is 10.5. The van der Waals surface area contributed by atoms with E-state index in [4.69, 9.17) is 5.26 Å². The molecule has 0 spiro atoms. The number of hydrogen-bond donors (Lipinski definition) is 0. The quantitative estimate of drug-likeness (QED) is 0.539. The molecule has 2 heterocycles. The molecule has 6 nitrogen and oxygen atoms in total. The molecule has 7 heteroatoms. The predicted molar refractivity (Wildman–Crippen MR) is 102 cm³/mol. The molecule has 0 bridgehead atoms. The zero-order valence-corrected chi connectivity index (χ0v) is 15.3. The number of aromatic nitrogens is 5. The topological polar surface area (TPSA) is 80.3 Å². The van der Waals surface area contributed by atoms with E-state index in [1.165, 1.54) is 23.5 Å². The van der Waals surface area contributed by atoms with E-state index in [-0.39, 0.29) is 5.69 Å². The number of benzene rings is 2. The van der Waals surface area contributed by atoms with Gasteiger partial charge < -0.3 is 0 Å². The zero-order valence-electron chi connectivity index (χ0n) is 14.4. The van der Waals surface area contributed by atoms with Gasteiger partial charge in [-0.05, 0) is 30.8 Å². The van der Waals surface area contributed by atoms with Crippen molar-refractivity contribution in [1.29, 1.82) is 5.26 Å². The highest BCUT2D eigenvalue weighted by Crippen LogP contribution is 2.31. The minimum Gasteiger partial charge on any atom is -0.270 e. The summed E-state index contributed by atoms with van der Waals surface area (Å²) in [5.41, 5.74) is 3.41. The Labute approximate surface area is 160 Å². The minimum absolute atomic E-state index is 0.282. The van der Waals surface area contributed by atoms with E-state index >= 15 is 0 Å². The molecule has 0 saturated heterocycles. The van der Waals surface area contributed by atoms with Crippen molar-refractivity contribution in [2.45, 2.75) is 17.1 Å². The van der Waals surface area contributed by atoms with Gasteiger partial charge in [0.15, 0.2) is 11.5 Å². The Kier molecular flexibility index (Phi) is 4.64. The molecular weight excluding hydrogens is 356 g/mol. The van der Waals surface area contributed by atoms with Crippen molar-refractivity contribution < 1.29 is 0 Å². The molecule has 0 fully saturated rings. The van der Waals surface area contributed by atoms with Gasteiger partial charge in [0.1, 0.15) is 11.1 Å². The van der Waals surface area contributed by atoms with Crippen LogP contribution < -0.4 is 0 Å². The van der Waals surface area contributed by atoms with Crippen molar-refractivity contribution in [2.75, 3.05) is 0 Å². The average molecular weight is 370 g/mol. The molecule has 0 amide bonds. The Hall–Kier alpha value is -3.50. The van der Waals surface area contributed by atoms with Gasteiger partial charge in [0.2, 0.25) is 5.16 Å². The molecule has 0 atom stereocenters. The molecule has 0 N–H and O–H groups in total. The number of nitriles is 1. The van der Waals surface area contributed by atoms with E-state index < -0.39 is 0 Å². The molecule has 0 aliphatic carbocycles. The van der Waals surface area contributed by atoms with E-state index in [0.29, 0.717) is 10.2 Å². The van der Waals surface area contributed by atoms with Gasteiger partial charge >= 0.3 is 0 Å². The molecule has 130 valence electrons. The number of para-hydroxylation sites is 1. The third-order valence-electron chi connectivity index (χ3n) is 3.90. The second kappa shape index (κ2) is 7.40. The summed E-state index contributed by atoms with van der Waals surface area (Å²) in [6.45, 7) is 2.05. The number of hydrogen-bond acceptors (Lipinski definition) is 6. The van der Waals surface area contributed by atoms with Gasteiger partial charge in [-0.3, -0.25) is 4.57 Å². The van der Waals surface area contributed by atoms with E-state index in [1.807, 2.05) is 53.1 Å². The lowest BCUT2D eigenvalue weighted by Crippen LogP contribution is -1.99. The van der Waals surface area contributed by atoms with Crippen LogP contribution in [0.2, 0.25) is 0 Å². The lowest BCUT2D eigenvalue weighted by molar-refractivity contribution is 0.881. The summed E-state index contributed by atoms with van der Waals surface area (Å²) >= 11 is 1.35. The lowest BCUT2D eigenvalue weighted by atomic mass is 10.1. The minimum atomic E-state index is 0.282. The predicted octanol–water partition coefficient (Wildman–Crippen LogP) is 4.06. The summed E-state index contributed by atoms with van der Waals surface area (Å²) in [6, 6.07) is 20.1. The Morgan fingerprint density at radius 2 is 1.70 bits per heavy atom. The summed E-state index contributed by atoms with van der Waals surface area (Å²) in [7, 11) is 0. The van der Waals surface area contributed by atoms with Crippen LogP contribution in [0.4, 0.5) is 0 Å². The fourth-order valence-electron chi connectivity index (χ4n) is 2.56. The lowest BCUT2D eigenvalue weighted by Gasteiger charge is -2.10. The number of rotatable bonds is 4. The van der Waals surface area contributed by atoms with Crippen LogP contribution in [0.3, 0.4) is 0 Å². The van der Waals surface area contributed by atoms with Crippen LogP contribution in [-0.2, 0) is 0 Å². The third kappa shape index (κ3) is 3.57. The van der Waals surface area contributed by atoms with Crippen LogP contribution >= 0.6 is 11.8 Å². The maximum absolute atomic E-state index is 8.87. The van der Waals surface area contributed by atoms with Crippen LogP contribution in [0.1, 0.15) is 11.3 Å². The van der Waals surface area contributed by atoms with Crippen molar-refractivity contribution >= 4 is 11.8 Å². The fraction of sp³-hybridized carbons (Fsp3) is 0.0500. The summed E-state index contributed by atoms with van der Waals surface area (Å²) in [5, 5.41) is 19.0. The largest absolute Gasteiger partial charge is 0.270 e. The SMILES string of the molecule is Cc1ccc(-c2nnc(Sc3cnc(C#N)cn3)n2-c2ccccc2)cc1. The fourth-order valence-corrected chi connectivity index (χ4v) is 3.32. The Morgan fingerprint density at radius 3 is 2.37 bits per heavy atom. The summed E-state index contributed by atoms with van der Waals surface area (Å²) in [5.74, 6) is 0.755. The van der Waals surface area contributed by atoms with Crippen LogP contribution in [0.25, 0.3) is 17.1 Å². The monoisotopic (exact) mass is 370 g/mol. The van der Waals surface area contributed by atoms with E-state index in [0.717, 1.165) is 17.1 Å². The van der Waals surface area contributed by atoms with Crippen molar-refractivity contribution in [3.8, 4) is 23.1 Å². The zero-order chi connectivity index (χ0) is 18.6. The van der Waals surface area contributed by atoms with Crippen molar-refractivity contribution in [3.05, 3.63) is 78.2 Å². The molecule has 0 saturated carbocycles. The van der Waals surface area contributed by atoms with Crippen molar-refractivity contribution in [1.82, 2.24) is 24.7 Å². The average Bonchev–Trinajstić information content (AvgIpc) is 3.13. The maximum atomic E-state index is 8.87. The number of aryl methyl sites for hydroxylation is 1. The molecule has 4 aromatic rings. The highest BCUT2D eigenvalue weighted by Gasteiger charge is 2.17. The second-order valence-electron chi connectivity index (χ2n) is 5.80. The standard InChI is InChI=1S/C20H14N6S/c1-14-7-9-15(10-8-14)19-24-25-20(26(19)17-5-3-2-4-6-17)27-18-13-22-16(11-21)12-23-18/h2-10,12-13H,1H3. The first kappa shape index (κ1) is 16.9. The molecule has 0 radical (unpaired) electrons. The van der Waals surface area contributed by atoms with Crippen molar-refractivity contribution in [3.63, 3.8) is 0 Å².